The molecule has 1 N–H and O–H groups in total. The first-order valence-corrected chi connectivity index (χ1v) is 7.16. The highest BCUT2D eigenvalue weighted by Crippen LogP contribution is 2.27. The third kappa shape index (κ3) is 4.33. The molecule has 3 atom stereocenters. The summed E-state index contributed by atoms with van der Waals surface area (Å²) in [6.07, 6.45) is 1.67. The molecule has 0 bridgehead atoms. The number of hydrogen-bond donors (Lipinski definition) is 1. The van der Waals surface area contributed by atoms with E-state index < -0.39 is 0 Å². The van der Waals surface area contributed by atoms with Crippen LogP contribution >= 0.6 is 11.8 Å². The first kappa shape index (κ1) is 13.3. The first-order chi connectivity index (χ1) is 7.15. The molecule has 0 aromatic rings. The van der Waals surface area contributed by atoms with Crippen LogP contribution in [0.4, 0.5) is 0 Å². The molecule has 1 saturated heterocycles. The van der Waals surface area contributed by atoms with E-state index in [4.69, 9.17) is 4.74 Å². The van der Waals surface area contributed by atoms with Crippen molar-refractivity contribution in [2.75, 3.05) is 18.9 Å². The molecule has 0 amide bonds. The lowest BCUT2D eigenvalue weighted by molar-refractivity contribution is 0.127. The second kappa shape index (κ2) is 6.77. The van der Waals surface area contributed by atoms with E-state index >= 15 is 0 Å². The number of hydrogen-bond acceptors (Lipinski definition) is 3. The Hall–Kier alpha value is 0.270. The van der Waals surface area contributed by atoms with Crippen molar-refractivity contribution in [2.45, 2.75) is 51.5 Å². The Kier molecular flexibility index (Phi) is 6.02. The van der Waals surface area contributed by atoms with Gasteiger partial charge >= 0.3 is 0 Å². The molecule has 0 aromatic heterocycles. The van der Waals surface area contributed by atoms with Crippen LogP contribution in [0.2, 0.25) is 0 Å². The Labute approximate surface area is 98.5 Å². The minimum absolute atomic E-state index is 0.449. The molecule has 90 valence electrons. The zero-order valence-electron chi connectivity index (χ0n) is 10.5. The first-order valence-electron chi connectivity index (χ1n) is 6.11. The molecule has 1 aliphatic rings. The molecule has 1 fully saturated rings. The summed E-state index contributed by atoms with van der Waals surface area (Å²) in [5.41, 5.74) is 0. The van der Waals surface area contributed by atoms with Crippen LogP contribution in [-0.2, 0) is 4.74 Å². The van der Waals surface area contributed by atoms with E-state index in [1.165, 1.54) is 12.2 Å². The van der Waals surface area contributed by atoms with Crippen LogP contribution in [0.5, 0.6) is 0 Å². The number of nitrogens with one attached hydrogen (secondary N) is 1. The van der Waals surface area contributed by atoms with Gasteiger partial charge in [0.25, 0.3) is 0 Å². The fourth-order valence-electron chi connectivity index (χ4n) is 1.91. The maximum Gasteiger partial charge on any atom is 0.0666 e. The molecule has 0 spiro atoms. The normalized spacial score (nSPS) is 28.6. The van der Waals surface area contributed by atoms with Gasteiger partial charge in [0.05, 0.1) is 6.10 Å². The van der Waals surface area contributed by atoms with E-state index in [-0.39, 0.29) is 0 Å². The van der Waals surface area contributed by atoms with Crippen LogP contribution in [0.1, 0.15) is 34.1 Å². The summed E-state index contributed by atoms with van der Waals surface area (Å²) < 4.78 is 5.58. The van der Waals surface area contributed by atoms with Crippen LogP contribution in [0.15, 0.2) is 0 Å². The summed E-state index contributed by atoms with van der Waals surface area (Å²) in [6, 6.07) is 0.646. The minimum atomic E-state index is 0.449. The van der Waals surface area contributed by atoms with Crippen LogP contribution in [0, 0.1) is 5.92 Å². The topological polar surface area (TPSA) is 21.3 Å². The van der Waals surface area contributed by atoms with Crippen molar-refractivity contribution in [1.29, 1.82) is 0 Å². The summed E-state index contributed by atoms with van der Waals surface area (Å²) in [5, 5.41) is 4.27. The van der Waals surface area contributed by atoms with Gasteiger partial charge in [0.2, 0.25) is 0 Å². The van der Waals surface area contributed by atoms with Gasteiger partial charge < -0.3 is 10.1 Å². The smallest absolute Gasteiger partial charge is 0.0666 e. The Balaban J connectivity index is 2.26. The average molecular weight is 231 g/mol. The Morgan fingerprint density at radius 3 is 2.67 bits per heavy atom. The van der Waals surface area contributed by atoms with Gasteiger partial charge in [-0.15, -0.1) is 0 Å². The number of thioether (sulfide) groups is 1. The Morgan fingerprint density at radius 1 is 1.47 bits per heavy atom. The Morgan fingerprint density at radius 2 is 2.20 bits per heavy atom. The van der Waals surface area contributed by atoms with Crippen LogP contribution in [-0.4, -0.2) is 36.3 Å². The van der Waals surface area contributed by atoms with Gasteiger partial charge in [0.1, 0.15) is 0 Å². The van der Waals surface area contributed by atoms with Gasteiger partial charge in [-0.05, 0) is 25.8 Å². The van der Waals surface area contributed by atoms with Crippen LogP contribution in [0.3, 0.4) is 0 Å². The van der Waals surface area contributed by atoms with Gasteiger partial charge in [-0.2, -0.15) is 11.8 Å². The summed E-state index contributed by atoms with van der Waals surface area (Å²) in [7, 11) is 0. The predicted octanol–water partition coefficient (Wildman–Crippen LogP) is 2.53. The van der Waals surface area contributed by atoms with E-state index in [1.807, 2.05) is 0 Å². The van der Waals surface area contributed by atoms with Crippen molar-refractivity contribution < 1.29 is 4.74 Å². The molecule has 0 radical (unpaired) electrons. The zero-order valence-corrected chi connectivity index (χ0v) is 11.3. The maximum absolute atomic E-state index is 5.58. The van der Waals surface area contributed by atoms with E-state index in [0.29, 0.717) is 17.4 Å². The second-order valence-corrected chi connectivity index (χ2v) is 5.92. The van der Waals surface area contributed by atoms with Crippen LogP contribution < -0.4 is 5.32 Å². The molecular formula is C12H25NOS. The summed E-state index contributed by atoms with van der Waals surface area (Å²) in [6.45, 7) is 11.0. The molecule has 3 unspecified atom stereocenters. The van der Waals surface area contributed by atoms with Crippen molar-refractivity contribution in [1.82, 2.24) is 5.32 Å². The largest absolute Gasteiger partial charge is 0.377 e. The quantitative estimate of drug-likeness (QED) is 0.759. The average Bonchev–Trinajstić information content (AvgIpc) is 2.58. The van der Waals surface area contributed by atoms with Gasteiger partial charge in [0.15, 0.2) is 0 Å². The fourth-order valence-corrected chi connectivity index (χ4v) is 3.48. The van der Waals surface area contributed by atoms with Gasteiger partial charge in [-0.25, -0.2) is 0 Å². The SMILES string of the molecule is CCNC(CSC1CCOC1C)C(C)C. The molecule has 3 heteroatoms. The molecule has 0 aliphatic carbocycles. The van der Waals surface area contributed by atoms with Gasteiger partial charge in [-0.3, -0.25) is 0 Å². The van der Waals surface area contributed by atoms with Crippen molar-refractivity contribution in [2.24, 2.45) is 5.92 Å². The molecular weight excluding hydrogens is 206 g/mol. The van der Waals surface area contributed by atoms with E-state index in [0.717, 1.165) is 19.1 Å². The Bertz CT molecular complexity index is 175. The fraction of sp³-hybridized carbons (Fsp3) is 1.00. The molecule has 0 aromatic carbocycles. The van der Waals surface area contributed by atoms with Gasteiger partial charge in [0, 0.05) is 23.7 Å². The lowest BCUT2D eigenvalue weighted by Crippen LogP contribution is -2.36. The number of rotatable bonds is 6. The van der Waals surface area contributed by atoms with Crippen LogP contribution in [0.25, 0.3) is 0 Å². The van der Waals surface area contributed by atoms with E-state index in [2.05, 4.69) is 44.8 Å². The highest BCUT2D eigenvalue weighted by molar-refractivity contribution is 8.00. The molecule has 2 nitrogen and oxygen atoms in total. The zero-order chi connectivity index (χ0) is 11.3. The van der Waals surface area contributed by atoms with Crippen molar-refractivity contribution in [3.63, 3.8) is 0 Å². The van der Waals surface area contributed by atoms with Gasteiger partial charge in [-0.1, -0.05) is 20.8 Å². The second-order valence-electron chi connectivity index (χ2n) is 4.64. The highest BCUT2D eigenvalue weighted by atomic mass is 32.2. The molecule has 1 aliphatic heterocycles. The molecule has 1 heterocycles. The third-order valence-corrected chi connectivity index (χ3v) is 4.67. The van der Waals surface area contributed by atoms with E-state index in [9.17, 15) is 0 Å². The summed E-state index contributed by atoms with van der Waals surface area (Å²) in [5.74, 6) is 1.93. The lowest BCUT2D eigenvalue weighted by Gasteiger charge is -2.23. The standard InChI is InChI=1S/C12H25NOS/c1-5-13-11(9(2)3)8-15-12-6-7-14-10(12)4/h9-13H,5-8H2,1-4H3. The van der Waals surface area contributed by atoms with E-state index in [1.54, 1.807) is 0 Å². The van der Waals surface area contributed by atoms with Crippen molar-refractivity contribution >= 4 is 11.8 Å². The minimum Gasteiger partial charge on any atom is -0.377 e. The monoisotopic (exact) mass is 231 g/mol. The third-order valence-electron chi connectivity index (χ3n) is 3.07. The van der Waals surface area contributed by atoms with Crippen molar-refractivity contribution in [3.05, 3.63) is 0 Å². The molecule has 15 heavy (non-hydrogen) atoms. The van der Waals surface area contributed by atoms with Crippen molar-refractivity contribution in [3.8, 4) is 0 Å². The lowest BCUT2D eigenvalue weighted by atomic mass is 10.1. The predicted molar refractivity (Wildman–Crippen MR) is 68.6 cm³/mol. The summed E-state index contributed by atoms with van der Waals surface area (Å²) >= 11 is 2.08. The summed E-state index contributed by atoms with van der Waals surface area (Å²) in [4.78, 5) is 0. The number of ether oxygens (including phenoxy) is 1. The highest BCUT2D eigenvalue weighted by Gasteiger charge is 2.25. The maximum atomic E-state index is 5.58. The molecule has 1 rings (SSSR count). The molecule has 0 saturated carbocycles.